The quantitative estimate of drug-likeness (QED) is 0.777. The first-order valence-electron chi connectivity index (χ1n) is 5.04. The van der Waals surface area contributed by atoms with E-state index in [1.807, 2.05) is 19.9 Å². The molecular weight excluding hydrogens is 251 g/mol. The highest BCUT2D eigenvalue weighted by Gasteiger charge is 2.33. The smallest absolute Gasteiger partial charge is 0.382 e. The summed E-state index contributed by atoms with van der Waals surface area (Å²) in [6.45, 7) is 4.33. The predicted molar refractivity (Wildman–Crippen MR) is 64.4 cm³/mol. The molecule has 1 aromatic rings. The van der Waals surface area contributed by atoms with E-state index in [-0.39, 0.29) is 5.02 Å². The first-order valence-corrected chi connectivity index (χ1v) is 5.42. The first kappa shape index (κ1) is 13.9. The summed E-state index contributed by atoms with van der Waals surface area (Å²) in [5.41, 5.74) is 0.683. The van der Waals surface area contributed by atoms with E-state index < -0.39 is 11.7 Å². The summed E-state index contributed by atoms with van der Waals surface area (Å²) in [7, 11) is 0. The molecule has 0 fully saturated rings. The number of allylic oxidation sites excluding steroid dienone is 1. The number of rotatable bonds is 3. The highest BCUT2D eigenvalue weighted by Crippen LogP contribution is 2.36. The molecule has 5 heteroatoms. The van der Waals surface area contributed by atoms with Crippen LogP contribution in [0, 0.1) is 0 Å². The zero-order chi connectivity index (χ0) is 13.1. The summed E-state index contributed by atoms with van der Waals surface area (Å²) < 4.78 is 37.7. The number of alkyl halides is 3. The Morgan fingerprint density at radius 2 is 2.00 bits per heavy atom. The zero-order valence-corrected chi connectivity index (χ0v) is 10.3. The molecule has 0 heterocycles. The average Bonchev–Trinajstić information content (AvgIpc) is 2.18. The predicted octanol–water partition coefficient (Wildman–Crippen LogP) is 4.74. The molecule has 17 heavy (non-hydrogen) atoms. The van der Waals surface area contributed by atoms with Crippen molar-refractivity contribution in [2.24, 2.45) is 0 Å². The van der Waals surface area contributed by atoms with Crippen LogP contribution in [0.4, 0.5) is 18.9 Å². The first-order chi connectivity index (χ1) is 7.80. The van der Waals surface area contributed by atoms with Crippen molar-refractivity contribution in [3.63, 3.8) is 0 Å². The van der Waals surface area contributed by atoms with Crippen LogP contribution in [0.25, 0.3) is 0 Å². The third-order valence-corrected chi connectivity index (χ3v) is 2.42. The van der Waals surface area contributed by atoms with Crippen LogP contribution < -0.4 is 5.32 Å². The molecule has 0 aliphatic carbocycles. The molecule has 0 amide bonds. The summed E-state index contributed by atoms with van der Waals surface area (Å²) >= 11 is 5.51. The van der Waals surface area contributed by atoms with Gasteiger partial charge in [-0.3, -0.25) is 0 Å². The van der Waals surface area contributed by atoms with Crippen molar-refractivity contribution in [3.05, 3.63) is 40.4 Å². The summed E-state index contributed by atoms with van der Waals surface area (Å²) in [5.74, 6) is 0. The Labute approximate surface area is 103 Å². The van der Waals surface area contributed by atoms with Crippen LogP contribution in [-0.2, 0) is 6.18 Å². The van der Waals surface area contributed by atoms with E-state index in [4.69, 9.17) is 11.6 Å². The molecular formula is C12H13ClF3N. The van der Waals surface area contributed by atoms with Gasteiger partial charge in [-0.05, 0) is 32.0 Å². The minimum absolute atomic E-state index is 0.287. The molecule has 1 nitrogen and oxygen atoms in total. The molecule has 0 aliphatic heterocycles. The van der Waals surface area contributed by atoms with E-state index in [0.29, 0.717) is 12.2 Å². The molecule has 0 saturated carbocycles. The van der Waals surface area contributed by atoms with E-state index in [1.54, 1.807) is 0 Å². The minimum atomic E-state index is -4.43. The van der Waals surface area contributed by atoms with Crippen molar-refractivity contribution in [2.75, 3.05) is 11.9 Å². The highest BCUT2D eigenvalue weighted by molar-refractivity contribution is 6.31. The lowest BCUT2D eigenvalue weighted by atomic mass is 10.2. The van der Waals surface area contributed by atoms with Crippen molar-refractivity contribution in [1.82, 2.24) is 0 Å². The van der Waals surface area contributed by atoms with E-state index in [0.717, 1.165) is 11.6 Å². The molecule has 0 radical (unpaired) electrons. The molecule has 0 unspecified atom stereocenters. The number of anilines is 1. The van der Waals surface area contributed by atoms with Crippen LogP contribution in [-0.4, -0.2) is 6.54 Å². The fourth-order valence-corrected chi connectivity index (χ4v) is 1.45. The van der Waals surface area contributed by atoms with E-state index >= 15 is 0 Å². The van der Waals surface area contributed by atoms with E-state index in [9.17, 15) is 13.2 Å². The van der Waals surface area contributed by atoms with E-state index in [1.165, 1.54) is 12.1 Å². The maximum atomic E-state index is 12.6. The van der Waals surface area contributed by atoms with Gasteiger partial charge in [0.15, 0.2) is 0 Å². The van der Waals surface area contributed by atoms with Crippen molar-refractivity contribution in [3.8, 4) is 0 Å². The Hall–Kier alpha value is -1.16. The Morgan fingerprint density at radius 1 is 1.35 bits per heavy atom. The standard InChI is InChI=1S/C12H13ClF3N/c1-8(2)5-6-17-9-3-4-11(13)10(7-9)12(14,15)16/h3-5,7,17H,6H2,1-2H3. The number of benzene rings is 1. The van der Waals surface area contributed by atoms with Crippen LogP contribution in [0.1, 0.15) is 19.4 Å². The van der Waals surface area contributed by atoms with Gasteiger partial charge in [-0.15, -0.1) is 0 Å². The van der Waals surface area contributed by atoms with Crippen LogP contribution in [0.5, 0.6) is 0 Å². The fourth-order valence-electron chi connectivity index (χ4n) is 1.23. The molecule has 94 valence electrons. The Kier molecular flexibility index (Phi) is 4.46. The normalized spacial score (nSPS) is 11.2. The van der Waals surface area contributed by atoms with Crippen molar-refractivity contribution in [2.45, 2.75) is 20.0 Å². The van der Waals surface area contributed by atoms with Gasteiger partial charge in [0.2, 0.25) is 0 Å². The third kappa shape index (κ3) is 4.30. The highest BCUT2D eigenvalue weighted by atomic mass is 35.5. The Balaban J connectivity index is 2.86. The number of hydrogen-bond donors (Lipinski definition) is 1. The van der Waals surface area contributed by atoms with Crippen LogP contribution in [0.2, 0.25) is 5.02 Å². The van der Waals surface area contributed by atoms with Gasteiger partial charge in [-0.1, -0.05) is 23.3 Å². The molecule has 0 aliphatic rings. The summed E-state index contributed by atoms with van der Waals surface area (Å²) in [5, 5.41) is 2.59. The van der Waals surface area contributed by atoms with Gasteiger partial charge in [-0.2, -0.15) is 13.2 Å². The maximum absolute atomic E-state index is 12.6. The number of halogens is 4. The van der Waals surface area contributed by atoms with Crippen LogP contribution in [0.15, 0.2) is 29.8 Å². The Bertz CT molecular complexity index is 420. The number of hydrogen-bond acceptors (Lipinski definition) is 1. The van der Waals surface area contributed by atoms with E-state index in [2.05, 4.69) is 5.32 Å². The summed E-state index contributed by atoms with van der Waals surface area (Å²) in [6.07, 6.45) is -2.53. The van der Waals surface area contributed by atoms with Gasteiger partial charge in [0.05, 0.1) is 10.6 Å². The van der Waals surface area contributed by atoms with Crippen LogP contribution >= 0.6 is 11.6 Å². The second kappa shape index (κ2) is 5.45. The summed E-state index contributed by atoms with van der Waals surface area (Å²) in [6, 6.07) is 3.78. The SMILES string of the molecule is CC(C)=CCNc1ccc(Cl)c(C(F)(F)F)c1. The fraction of sp³-hybridized carbons (Fsp3) is 0.333. The molecule has 0 spiro atoms. The van der Waals surface area contributed by atoms with Gasteiger partial charge in [0, 0.05) is 12.2 Å². The lowest BCUT2D eigenvalue weighted by Crippen LogP contribution is -2.07. The van der Waals surface area contributed by atoms with Gasteiger partial charge in [0.1, 0.15) is 0 Å². The number of nitrogens with one attached hydrogen (secondary N) is 1. The van der Waals surface area contributed by atoms with Gasteiger partial charge in [-0.25, -0.2) is 0 Å². The molecule has 0 atom stereocenters. The van der Waals surface area contributed by atoms with Gasteiger partial charge >= 0.3 is 6.18 Å². The minimum Gasteiger partial charge on any atom is -0.382 e. The van der Waals surface area contributed by atoms with Gasteiger partial charge in [0.25, 0.3) is 0 Å². The van der Waals surface area contributed by atoms with Crippen molar-refractivity contribution < 1.29 is 13.2 Å². The largest absolute Gasteiger partial charge is 0.417 e. The summed E-state index contributed by atoms with van der Waals surface area (Å²) in [4.78, 5) is 0. The molecule has 1 N–H and O–H groups in total. The lowest BCUT2D eigenvalue weighted by Gasteiger charge is -2.11. The lowest BCUT2D eigenvalue weighted by molar-refractivity contribution is -0.137. The Morgan fingerprint density at radius 3 is 2.53 bits per heavy atom. The second-order valence-electron chi connectivity index (χ2n) is 3.85. The van der Waals surface area contributed by atoms with Crippen molar-refractivity contribution in [1.29, 1.82) is 0 Å². The third-order valence-electron chi connectivity index (χ3n) is 2.09. The monoisotopic (exact) mass is 263 g/mol. The topological polar surface area (TPSA) is 12.0 Å². The van der Waals surface area contributed by atoms with Gasteiger partial charge < -0.3 is 5.32 Å². The average molecular weight is 264 g/mol. The maximum Gasteiger partial charge on any atom is 0.417 e. The van der Waals surface area contributed by atoms with Crippen molar-refractivity contribution >= 4 is 17.3 Å². The zero-order valence-electron chi connectivity index (χ0n) is 9.53. The molecule has 0 bridgehead atoms. The second-order valence-corrected chi connectivity index (χ2v) is 4.26. The van der Waals surface area contributed by atoms with Crippen LogP contribution in [0.3, 0.4) is 0 Å². The molecule has 1 aromatic carbocycles. The molecule has 0 aromatic heterocycles. The molecule has 1 rings (SSSR count). The molecule has 0 saturated heterocycles.